The number of aliphatic hydroxyl groups excluding tert-OH is 1. The number of fused-ring (bicyclic) bond motifs is 2. The van der Waals surface area contributed by atoms with Gasteiger partial charge in [-0.3, -0.25) is 0 Å². The number of hydrogen-bond donors (Lipinski definition) is 1. The van der Waals surface area contributed by atoms with E-state index in [1.54, 1.807) is 0 Å². The summed E-state index contributed by atoms with van der Waals surface area (Å²) in [4.78, 5) is 0. The molecule has 2 rings (SSSR count). The Labute approximate surface area is 67.4 Å². The second-order valence-electron chi connectivity index (χ2n) is 3.88. The molecule has 2 bridgehead atoms. The fourth-order valence-corrected chi connectivity index (χ4v) is 2.38. The molecule has 0 aromatic carbocycles. The van der Waals surface area contributed by atoms with Crippen molar-refractivity contribution in [3.05, 3.63) is 24.0 Å². The lowest BCUT2D eigenvalue weighted by atomic mass is 9.74. The molecule has 2 unspecified atom stereocenters. The van der Waals surface area contributed by atoms with E-state index in [0.717, 1.165) is 19.3 Å². The van der Waals surface area contributed by atoms with Gasteiger partial charge in [0.2, 0.25) is 0 Å². The molecule has 1 heteroatoms. The first-order valence-corrected chi connectivity index (χ1v) is 4.30. The molecule has 11 heavy (non-hydrogen) atoms. The van der Waals surface area contributed by atoms with Crippen LogP contribution in [0.15, 0.2) is 24.0 Å². The summed E-state index contributed by atoms with van der Waals surface area (Å²) in [5.41, 5.74) is 1.37. The summed E-state index contributed by atoms with van der Waals surface area (Å²) < 4.78 is 0. The van der Waals surface area contributed by atoms with E-state index >= 15 is 0 Å². The van der Waals surface area contributed by atoms with Gasteiger partial charge in [0.1, 0.15) is 0 Å². The predicted octanol–water partition coefficient (Wildman–Crippen LogP) is 2.80. The maximum atomic E-state index is 9.33. The maximum absolute atomic E-state index is 9.33. The van der Waals surface area contributed by atoms with Gasteiger partial charge in [0, 0.05) is 6.42 Å². The van der Waals surface area contributed by atoms with Crippen molar-refractivity contribution >= 4 is 0 Å². The van der Waals surface area contributed by atoms with Crippen LogP contribution in [0.25, 0.3) is 0 Å². The van der Waals surface area contributed by atoms with Crippen LogP contribution in [0.3, 0.4) is 0 Å². The third kappa shape index (κ3) is 1.32. The van der Waals surface area contributed by atoms with E-state index in [4.69, 9.17) is 0 Å². The number of hydrogen-bond acceptors (Lipinski definition) is 1. The fraction of sp³-hybridized carbons (Fsp3) is 0.600. The van der Waals surface area contributed by atoms with Gasteiger partial charge in [-0.2, -0.15) is 0 Å². The van der Waals surface area contributed by atoms with Gasteiger partial charge in [-0.25, -0.2) is 0 Å². The molecular formula is C10H14O. The summed E-state index contributed by atoms with van der Waals surface area (Å²) in [7, 11) is 0. The Bertz CT molecular complexity index is 215. The molecular weight excluding hydrogens is 136 g/mol. The lowest BCUT2D eigenvalue weighted by molar-refractivity contribution is 0.264. The molecule has 0 aromatic heterocycles. The summed E-state index contributed by atoms with van der Waals surface area (Å²) in [6, 6.07) is 0. The standard InChI is InChI=1S/C10H14O/c1-7-2-8-4-9(3-7)6-10(11)5-8/h5,8-9,11H,1-4,6H2. The Kier molecular flexibility index (Phi) is 1.52. The minimum absolute atomic E-state index is 0.593. The molecule has 0 heterocycles. The highest BCUT2D eigenvalue weighted by Gasteiger charge is 2.27. The molecule has 0 amide bonds. The van der Waals surface area contributed by atoms with Crippen LogP contribution in [-0.2, 0) is 0 Å². The lowest BCUT2D eigenvalue weighted by Crippen LogP contribution is -2.20. The molecule has 2 aliphatic carbocycles. The highest BCUT2D eigenvalue weighted by atomic mass is 16.3. The summed E-state index contributed by atoms with van der Waals surface area (Å²) in [5.74, 6) is 1.89. The SMILES string of the molecule is C=C1CC2C=C(O)CC(C1)C2. The van der Waals surface area contributed by atoms with Crippen LogP contribution < -0.4 is 0 Å². The number of aliphatic hydroxyl groups is 1. The smallest absolute Gasteiger partial charge is 0.0888 e. The van der Waals surface area contributed by atoms with E-state index < -0.39 is 0 Å². The molecule has 2 aliphatic rings. The van der Waals surface area contributed by atoms with Crippen molar-refractivity contribution < 1.29 is 5.11 Å². The molecule has 60 valence electrons. The average Bonchev–Trinajstić information content (AvgIpc) is 1.82. The molecule has 2 atom stereocenters. The van der Waals surface area contributed by atoms with Gasteiger partial charge in [0.05, 0.1) is 5.76 Å². The fourth-order valence-electron chi connectivity index (χ4n) is 2.38. The van der Waals surface area contributed by atoms with Gasteiger partial charge >= 0.3 is 0 Å². The Morgan fingerprint density at radius 1 is 1.36 bits per heavy atom. The van der Waals surface area contributed by atoms with Crippen molar-refractivity contribution in [1.29, 1.82) is 0 Å². The molecule has 1 fully saturated rings. The average molecular weight is 150 g/mol. The maximum Gasteiger partial charge on any atom is 0.0888 e. The van der Waals surface area contributed by atoms with E-state index in [9.17, 15) is 5.11 Å². The first kappa shape index (κ1) is 6.96. The topological polar surface area (TPSA) is 20.2 Å². The molecule has 0 spiro atoms. The van der Waals surface area contributed by atoms with Crippen LogP contribution in [0.2, 0.25) is 0 Å². The predicted molar refractivity (Wildman–Crippen MR) is 45.3 cm³/mol. The van der Waals surface area contributed by atoms with Crippen LogP contribution in [0.4, 0.5) is 0 Å². The van der Waals surface area contributed by atoms with Crippen LogP contribution >= 0.6 is 0 Å². The van der Waals surface area contributed by atoms with Gasteiger partial charge in [-0.15, -0.1) is 0 Å². The Hall–Kier alpha value is -0.720. The molecule has 0 radical (unpaired) electrons. The highest BCUT2D eigenvalue weighted by Crippen LogP contribution is 2.39. The molecule has 1 N–H and O–H groups in total. The van der Waals surface area contributed by atoms with Gasteiger partial charge in [0.15, 0.2) is 0 Å². The number of rotatable bonds is 0. The summed E-state index contributed by atoms with van der Waals surface area (Å²) in [5, 5.41) is 9.33. The molecule has 0 aliphatic heterocycles. The third-order valence-electron chi connectivity index (χ3n) is 2.69. The summed E-state index contributed by atoms with van der Waals surface area (Å²) in [6.07, 6.45) is 6.40. The van der Waals surface area contributed by atoms with Gasteiger partial charge in [-0.1, -0.05) is 12.2 Å². The summed E-state index contributed by atoms with van der Waals surface area (Å²) >= 11 is 0. The second-order valence-corrected chi connectivity index (χ2v) is 3.88. The highest BCUT2D eigenvalue weighted by molar-refractivity contribution is 5.13. The van der Waals surface area contributed by atoms with Crippen molar-refractivity contribution in [2.75, 3.05) is 0 Å². The Morgan fingerprint density at radius 2 is 2.18 bits per heavy atom. The second kappa shape index (κ2) is 2.40. The molecule has 1 nitrogen and oxygen atoms in total. The zero-order valence-electron chi connectivity index (χ0n) is 6.71. The van der Waals surface area contributed by atoms with Crippen molar-refractivity contribution in [3.8, 4) is 0 Å². The molecule has 0 saturated heterocycles. The van der Waals surface area contributed by atoms with Crippen LogP contribution in [-0.4, -0.2) is 5.11 Å². The van der Waals surface area contributed by atoms with Crippen LogP contribution in [0.1, 0.15) is 25.7 Å². The lowest BCUT2D eigenvalue weighted by Gasteiger charge is -2.32. The zero-order valence-corrected chi connectivity index (χ0v) is 6.71. The Balaban J connectivity index is 2.19. The van der Waals surface area contributed by atoms with E-state index in [1.165, 1.54) is 12.0 Å². The van der Waals surface area contributed by atoms with E-state index in [2.05, 4.69) is 6.58 Å². The minimum Gasteiger partial charge on any atom is -0.513 e. The zero-order chi connectivity index (χ0) is 7.84. The van der Waals surface area contributed by atoms with Gasteiger partial charge in [0.25, 0.3) is 0 Å². The van der Waals surface area contributed by atoms with Crippen LogP contribution in [0.5, 0.6) is 0 Å². The summed E-state index contributed by atoms with van der Waals surface area (Å²) in [6.45, 7) is 4.01. The molecule has 0 aromatic rings. The normalized spacial score (nSPS) is 36.7. The monoisotopic (exact) mass is 150 g/mol. The number of allylic oxidation sites excluding steroid dienone is 3. The van der Waals surface area contributed by atoms with Gasteiger partial charge in [-0.05, 0) is 37.2 Å². The van der Waals surface area contributed by atoms with Crippen molar-refractivity contribution in [3.63, 3.8) is 0 Å². The molecule has 1 saturated carbocycles. The van der Waals surface area contributed by atoms with Crippen molar-refractivity contribution in [1.82, 2.24) is 0 Å². The van der Waals surface area contributed by atoms with Crippen molar-refractivity contribution in [2.45, 2.75) is 25.7 Å². The first-order valence-electron chi connectivity index (χ1n) is 4.30. The van der Waals surface area contributed by atoms with E-state index in [1.807, 2.05) is 6.08 Å². The minimum atomic E-state index is 0.593. The van der Waals surface area contributed by atoms with E-state index in [-0.39, 0.29) is 0 Å². The Morgan fingerprint density at radius 3 is 2.91 bits per heavy atom. The van der Waals surface area contributed by atoms with Gasteiger partial charge < -0.3 is 5.11 Å². The largest absolute Gasteiger partial charge is 0.513 e. The van der Waals surface area contributed by atoms with Crippen molar-refractivity contribution in [2.24, 2.45) is 11.8 Å². The van der Waals surface area contributed by atoms with E-state index in [0.29, 0.717) is 17.6 Å². The quantitative estimate of drug-likeness (QED) is 0.526. The van der Waals surface area contributed by atoms with Crippen LogP contribution in [0, 0.1) is 11.8 Å². The first-order chi connectivity index (χ1) is 5.24. The third-order valence-corrected chi connectivity index (χ3v) is 2.69.